The lowest BCUT2D eigenvalue weighted by Crippen LogP contribution is -2.56. The predicted molar refractivity (Wildman–Crippen MR) is 138 cm³/mol. The van der Waals surface area contributed by atoms with Crippen LogP contribution in [0.25, 0.3) is 0 Å². The monoisotopic (exact) mass is 501 g/mol. The smallest absolute Gasteiger partial charge is 0.244 e. The third-order valence-electron chi connectivity index (χ3n) is 7.99. The lowest BCUT2D eigenvalue weighted by Gasteiger charge is -2.38. The number of amides is 3. The van der Waals surface area contributed by atoms with E-state index in [0.29, 0.717) is 26.1 Å². The van der Waals surface area contributed by atoms with Crippen LogP contribution in [0.15, 0.2) is 30.3 Å². The van der Waals surface area contributed by atoms with Crippen LogP contribution in [-0.4, -0.2) is 63.5 Å². The first-order valence-corrected chi connectivity index (χ1v) is 14.0. The van der Waals surface area contributed by atoms with Gasteiger partial charge in [0.15, 0.2) is 0 Å². The summed E-state index contributed by atoms with van der Waals surface area (Å²) in [5.41, 5.74) is 1.02. The number of benzene rings is 1. The molecule has 3 saturated heterocycles. The number of carbonyl (C=O) groups excluding carboxylic acids is 3. The van der Waals surface area contributed by atoms with Crippen molar-refractivity contribution in [1.82, 2.24) is 15.5 Å². The standard InChI is InChI=1S/C27H39N3O4S/c1-3-4-13-28-25(33)23-27-18(2)16-20(35-27)21(24(32)29-17-19-11-7-5-8-12-19)22(27)26(34)30(23)14-9-6-10-15-31/h5,7-8,11-12,18,20-23,31H,3-4,6,9-10,13-17H2,1-2H3,(H,28,33)(H,29,32)/t18?,20-,21+,22-,23?,27?/m0/s1. The average molecular weight is 502 g/mol. The maximum absolute atomic E-state index is 13.9. The highest BCUT2D eigenvalue weighted by Gasteiger charge is 2.75. The number of carbonyl (C=O) groups is 3. The largest absolute Gasteiger partial charge is 0.396 e. The number of hydrogen-bond donors (Lipinski definition) is 3. The van der Waals surface area contributed by atoms with E-state index in [-0.39, 0.29) is 35.5 Å². The number of hydrogen-bond acceptors (Lipinski definition) is 5. The summed E-state index contributed by atoms with van der Waals surface area (Å²) < 4.78 is -0.566. The van der Waals surface area contributed by atoms with Crippen LogP contribution in [0.4, 0.5) is 0 Å². The molecule has 3 fully saturated rings. The van der Waals surface area contributed by atoms with Crippen molar-refractivity contribution in [2.45, 2.75) is 75.0 Å². The molecule has 8 heteroatoms. The zero-order valence-corrected chi connectivity index (χ0v) is 21.7. The van der Waals surface area contributed by atoms with Gasteiger partial charge in [-0.15, -0.1) is 11.8 Å². The zero-order valence-electron chi connectivity index (χ0n) is 20.9. The van der Waals surface area contributed by atoms with E-state index in [1.54, 1.807) is 16.7 Å². The van der Waals surface area contributed by atoms with Crippen molar-refractivity contribution in [2.24, 2.45) is 17.8 Å². The Morgan fingerprint density at radius 2 is 1.89 bits per heavy atom. The minimum atomic E-state index is -0.566. The minimum Gasteiger partial charge on any atom is -0.396 e. The number of rotatable bonds is 12. The molecule has 3 N–H and O–H groups in total. The van der Waals surface area contributed by atoms with Crippen LogP contribution in [0.2, 0.25) is 0 Å². The quantitative estimate of drug-likeness (QED) is 0.383. The van der Waals surface area contributed by atoms with Crippen LogP contribution in [-0.2, 0) is 20.9 Å². The van der Waals surface area contributed by atoms with E-state index in [2.05, 4.69) is 24.5 Å². The highest BCUT2D eigenvalue weighted by atomic mass is 32.2. The highest BCUT2D eigenvalue weighted by molar-refractivity contribution is 8.02. The van der Waals surface area contributed by atoms with Crippen molar-refractivity contribution in [3.05, 3.63) is 35.9 Å². The molecule has 1 aromatic rings. The second kappa shape index (κ2) is 11.3. The second-order valence-electron chi connectivity index (χ2n) is 10.2. The SMILES string of the molecule is CCCCNC(=O)C1N(CCCCCO)C(=O)[C@@H]2[C@H](C(=O)NCc3ccccc3)[C@@H]3CC(C)C12S3. The summed E-state index contributed by atoms with van der Waals surface area (Å²) in [6.45, 7) is 5.87. The van der Waals surface area contributed by atoms with Gasteiger partial charge < -0.3 is 20.6 Å². The summed E-state index contributed by atoms with van der Waals surface area (Å²) in [6, 6.07) is 9.24. The summed E-state index contributed by atoms with van der Waals surface area (Å²) in [5.74, 6) is -0.926. The van der Waals surface area contributed by atoms with Gasteiger partial charge in [-0.25, -0.2) is 0 Å². The Hall–Kier alpha value is -2.06. The Balaban J connectivity index is 1.58. The van der Waals surface area contributed by atoms with Crippen molar-refractivity contribution >= 4 is 29.5 Å². The van der Waals surface area contributed by atoms with E-state index in [1.807, 2.05) is 30.3 Å². The lowest BCUT2D eigenvalue weighted by molar-refractivity contribution is -0.140. The predicted octanol–water partition coefficient (Wildman–Crippen LogP) is 2.72. The van der Waals surface area contributed by atoms with Crippen LogP contribution in [0.3, 0.4) is 0 Å². The van der Waals surface area contributed by atoms with E-state index in [0.717, 1.165) is 37.7 Å². The van der Waals surface area contributed by atoms with Crippen LogP contribution >= 0.6 is 11.8 Å². The average Bonchev–Trinajstić information content (AvgIpc) is 3.45. The Bertz CT molecular complexity index is 913. The van der Waals surface area contributed by atoms with Gasteiger partial charge in [-0.1, -0.05) is 50.6 Å². The van der Waals surface area contributed by atoms with E-state index in [9.17, 15) is 14.4 Å². The molecule has 2 bridgehead atoms. The van der Waals surface area contributed by atoms with Crippen LogP contribution < -0.4 is 10.6 Å². The molecule has 0 aromatic heterocycles. The third kappa shape index (κ3) is 4.84. The maximum Gasteiger partial charge on any atom is 0.244 e. The fourth-order valence-corrected chi connectivity index (χ4v) is 8.74. The van der Waals surface area contributed by atoms with Gasteiger partial charge in [-0.2, -0.15) is 0 Å². The van der Waals surface area contributed by atoms with Crippen molar-refractivity contribution in [3.63, 3.8) is 0 Å². The molecule has 35 heavy (non-hydrogen) atoms. The number of nitrogens with one attached hydrogen (secondary N) is 2. The van der Waals surface area contributed by atoms with Gasteiger partial charge in [0.25, 0.3) is 0 Å². The van der Waals surface area contributed by atoms with Crippen molar-refractivity contribution in [3.8, 4) is 0 Å². The molecule has 0 aliphatic carbocycles. The molecule has 7 nitrogen and oxygen atoms in total. The van der Waals surface area contributed by atoms with Gasteiger partial charge in [0.1, 0.15) is 6.04 Å². The molecule has 4 rings (SSSR count). The van der Waals surface area contributed by atoms with E-state index in [4.69, 9.17) is 5.11 Å². The normalized spacial score (nSPS) is 31.0. The maximum atomic E-state index is 13.9. The highest BCUT2D eigenvalue weighted by Crippen LogP contribution is 2.68. The summed E-state index contributed by atoms with van der Waals surface area (Å²) in [6.07, 6.45) is 4.95. The van der Waals surface area contributed by atoms with Gasteiger partial charge in [0, 0.05) is 31.5 Å². The molecule has 3 aliphatic rings. The van der Waals surface area contributed by atoms with Gasteiger partial charge in [-0.05, 0) is 43.6 Å². The molecule has 3 unspecified atom stereocenters. The van der Waals surface area contributed by atoms with Gasteiger partial charge >= 0.3 is 0 Å². The summed E-state index contributed by atoms with van der Waals surface area (Å²) in [5, 5.41) is 15.4. The molecular weight excluding hydrogens is 462 g/mol. The Labute approximate surface area is 212 Å². The Morgan fingerprint density at radius 3 is 2.60 bits per heavy atom. The molecule has 1 aromatic carbocycles. The first-order valence-electron chi connectivity index (χ1n) is 13.1. The zero-order chi connectivity index (χ0) is 25.0. The summed E-state index contributed by atoms with van der Waals surface area (Å²) in [4.78, 5) is 42.7. The number of thioether (sulfide) groups is 1. The van der Waals surface area contributed by atoms with E-state index < -0.39 is 22.6 Å². The molecule has 192 valence electrons. The van der Waals surface area contributed by atoms with Crippen LogP contribution in [0.1, 0.15) is 57.9 Å². The number of likely N-dealkylation sites (tertiary alicyclic amines) is 1. The minimum absolute atomic E-state index is 0.0500. The first kappa shape index (κ1) is 26.0. The fourth-order valence-electron chi connectivity index (χ4n) is 6.32. The molecule has 3 amide bonds. The molecular formula is C27H39N3O4S. The second-order valence-corrected chi connectivity index (χ2v) is 11.8. The van der Waals surface area contributed by atoms with Crippen LogP contribution in [0, 0.1) is 17.8 Å². The van der Waals surface area contributed by atoms with Gasteiger partial charge in [-0.3, -0.25) is 14.4 Å². The molecule has 0 radical (unpaired) electrons. The Kier molecular flexibility index (Phi) is 8.42. The first-order chi connectivity index (χ1) is 17.0. The molecule has 1 spiro atoms. The topological polar surface area (TPSA) is 98.7 Å². The lowest BCUT2D eigenvalue weighted by atomic mass is 9.66. The summed E-state index contributed by atoms with van der Waals surface area (Å²) >= 11 is 1.72. The molecule has 3 heterocycles. The number of aliphatic hydroxyl groups is 1. The number of nitrogens with zero attached hydrogens (tertiary/aromatic N) is 1. The molecule has 3 aliphatic heterocycles. The number of fused-ring (bicyclic) bond motifs is 1. The third-order valence-corrected chi connectivity index (χ3v) is 10.1. The van der Waals surface area contributed by atoms with E-state index in [1.165, 1.54) is 0 Å². The van der Waals surface area contributed by atoms with Gasteiger partial charge in [0.2, 0.25) is 17.7 Å². The Morgan fingerprint density at radius 1 is 1.11 bits per heavy atom. The van der Waals surface area contributed by atoms with Gasteiger partial charge in [0.05, 0.1) is 16.6 Å². The fraction of sp³-hybridized carbons (Fsp3) is 0.667. The molecule has 6 atom stereocenters. The van der Waals surface area contributed by atoms with Crippen molar-refractivity contribution in [2.75, 3.05) is 19.7 Å². The number of aliphatic hydroxyl groups excluding tert-OH is 1. The summed E-state index contributed by atoms with van der Waals surface area (Å²) in [7, 11) is 0. The van der Waals surface area contributed by atoms with Crippen molar-refractivity contribution in [1.29, 1.82) is 0 Å². The molecule has 0 saturated carbocycles. The van der Waals surface area contributed by atoms with Crippen LogP contribution in [0.5, 0.6) is 0 Å². The number of unbranched alkanes of at least 4 members (excludes halogenated alkanes) is 3. The van der Waals surface area contributed by atoms with E-state index >= 15 is 0 Å². The van der Waals surface area contributed by atoms with Crippen molar-refractivity contribution < 1.29 is 19.5 Å².